The molecule has 1 aliphatic heterocycles. The van der Waals surface area contributed by atoms with E-state index in [1.54, 1.807) is 0 Å². The van der Waals surface area contributed by atoms with Crippen molar-refractivity contribution >= 4 is 0 Å². The van der Waals surface area contributed by atoms with Gasteiger partial charge in [0.1, 0.15) is 0 Å². The van der Waals surface area contributed by atoms with Gasteiger partial charge in [-0.3, -0.25) is 9.80 Å². The Morgan fingerprint density at radius 1 is 1.06 bits per heavy atom. The van der Waals surface area contributed by atoms with Gasteiger partial charge in [0.15, 0.2) is 0 Å². The first-order valence-electron chi connectivity index (χ1n) is 7.19. The van der Waals surface area contributed by atoms with Crippen molar-refractivity contribution < 1.29 is 5.11 Å². The fraction of sp³-hybridized carbons (Fsp3) is 1.00. The molecule has 0 aromatic heterocycles. The third kappa shape index (κ3) is 3.65. The van der Waals surface area contributed by atoms with Crippen LogP contribution in [0.25, 0.3) is 0 Å². The van der Waals surface area contributed by atoms with E-state index < -0.39 is 0 Å². The molecule has 0 aromatic carbocycles. The van der Waals surface area contributed by atoms with Crippen LogP contribution in [0.15, 0.2) is 0 Å². The van der Waals surface area contributed by atoms with Crippen LogP contribution in [0.5, 0.6) is 0 Å². The van der Waals surface area contributed by atoms with Crippen LogP contribution in [0.1, 0.15) is 25.7 Å². The minimum atomic E-state index is -0.192. The number of nitrogens with one attached hydrogen (secondary N) is 1. The number of aliphatic hydroxyl groups is 1. The molecule has 0 radical (unpaired) electrons. The Balaban J connectivity index is 1.31. The second-order valence-corrected chi connectivity index (χ2v) is 5.90. The second-order valence-electron chi connectivity index (χ2n) is 5.90. The summed E-state index contributed by atoms with van der Waals surface area (Å²) in [6, 6.07) is 1.61. The summed E-state index contributed by atoms with van der Waals surface area (Å²) in [4.78, 5) is 5.03. The summed E-state index contributed by atoms with van der Waals surface area (Å²) in [7, 11) is 0. The Bertz CT molecular complexity index is 245. The molecule has 0 bridgehead atoms. The number of aliphatic hydroxyl groups excluding tert-OH is 1. The van der Waals surface area contributed by atoms with Crippen molar-refractivity contribution in [2.24, 2.45) is 0 Å². The molecule has 4 nitrogen and oxygen atoms in total. The number of piperazine rings is 1. The molecule has 0 spiro atoms. The summed E-state index contributed by atoms with van der Waals surface area (Å²) in [5.41, 5.74) is 0. The molecule has 17 heavy (non-hydrogen) atoms. The van der Waals surface area contributed by atoms with Crippen molar-refractivity contribution in [3.8, 4) is 0 Å². The highest BCUT2D eigenvalue weighted by Crippen LogP contribution is 2.27. The van der Waals surface area contributed by atoms with Crippen molar-refractivity contribution in [2.45, 2.75) is 43.9 Å². The minimum Gasteiger partial charge on any atom is -0.390 e. The van der Waals surface area contributed by atoms with Gasteiger partial charge in [-0.1, -0.05) is 0 Å². The van der Waals surface area contributed by atoms with Gasteiger partial charge < -0.3 is 10.4 Å². The van der Waals surface area contributed by atoms with Crippen molar-refractivity contribution in [2.75, 3.05) is 39.3 Å². The van der Waals surface area contributed by atoms with Crippen LogP contribution in [0.3, 0.4) is 0 Å². The first-order chi connectivity index (χ1) is 8.31. The molecule has 0 aromatic rings. The van der Waals surface area contributed by atoms with Crippen LogP contribution < -0.4 is 5.32 Å². The first kappa shape index (κ1) is 11.9. The van der Waals surface area contributed by atoms with E-state index in [-0.39, 0.29) is 6.10 Å². The number of hydrogen-bond donors (Lipinski definition) is 2. The smallest absolute Gasteiger partial charge is 0.0791 e. The van der Waals surface area contributed by atoms with Gasteiger partial charge in [-0.2, -0.15) is 0 Å². The normalized spacial score (nSPS) is 29.5. The lowest BCUT2D eigenvalue weighted by Gasteiger charge is -2.35. The number of nitrogens with zero attached hydrogens (tertiary/aromatic N) is 2. The molecule has 3 aliphatic rings. The van der Waals surface area contributed by atoms with E-state index >= 15 is 0 Å². The van der Waals surface area contributed by atoms with Gasteiger partial charge in [-0.15, -0.1) is 0 Å². The van der Waals surface area contributed by atoms with Gasteiger partial charge in [0.05, 0.1) is 6.10 Å². The summed E-state index contributed by atoms with van der Waals surface area (Å²) in [6.07, 6.45) is 5.23. The molecule has 2 N–H and O–H groups in total. The highest BCUT2D eigenvalue weighted by molar-refractivity contribution is 4.88. The van der Waals surface area contributed by atoms with Crippen LogP contribution in [0, 0.1) is 0 Å². The number of β-amino-alcohol motifs (C(OH)–C–C–N with tert-alkyl or cyclic N) is 1. The van der Waals surface area contributed by atoms with Gasteiger partial charge >= 0.3 is 0 Å². The Hall–Kier alpha value is -0.160. The van der Waals surface area contributed by atoms with E-state index in [9.17, 15) is 5.11 Å². The summed E-state index contributed by atoms with van der Waals surface area (Å²) < 4.78 is 0. The lowest BCUT2D eigenvalue weighted by Crippen LogP contribution is -2.50. The fourth-order valence-electron chi connectivity index (χ4n) is 2.70. The Morgan fingerprint density at radius 3 is 2.35 bits per heavy atom. The Labute approximate surface area is 104 Å². The fourth-order valence-corrected chi connectivity index (χ4v) is 2.70. The predicted molar refractivity (Wildman–Crippen MR) is 68.1 cm³/mol. The molecule has 0 amide bonds. The zero-order chi connectivity index (χ0) is 11.7. The monoisotopic (exact) mass is 239 g/mol. The van der Waals surface area contributed by atoms with Crippen molar-refractivity contribution in [1.82, 2.24) is 15.1 Å². The first-order valence-corrected chi connectivity index (χ1v) is 7.19. The Kier molecular flexibility index (Phi) is 3.66. The summed E-state index contributed by atoms with van der Waals surface area (Å²) in [5, 5.41) is 13.3. The van der Waals surface area contributed by atoms with Crippen molar-refractivity contribution in [1.29, 1.82) is 0 Å². The highest BCUT2D eigenvalue weighted by Gasteiger charge is 2.31. The maximum Gasteiger partial charge on any atom is 0.0791 e. The number of hydrogen-bond acceptors (Lipinski definition) is 4. The SMILES string of the molecule is OC(CNC1CC1)CN1CCN(C2CC2)CC1. The van der Waals surface area contributed by atoms with Crippen LogP contribution in [-0.4, -0.2) is 72.4 Å². The molecule has 1 heterocycles. The van der Waals surface area contributed by atoms with E-state index in [1.807, 2.05) is 0 Å². The third-order valence-electron chi connectivity index (χ3n) is 4.16. The molecular weight excluding hydrogens is 214 g/mol. The predicted octanol–water partition coefficient (Wildman–Crippen LogP) is -0.121. The standard InChI is InChI=1S/C13H25N3O/c17-13(9-14-11-1-2-11)10-15-5-7-16(8-6-15)12-3-4-12/h11-14,17H,1-10H2. The maximum atomic E-state index is 9.95. The van der Waals surface area contributed by atoms with E-state index in [0.717, 1.165) is 32.2 Å². The summed E-state index contributed by atoms with van der Waals surface area (Å²) in [5.74, 6) is 0. The quantitative estimate of drug-likeness (QED) is 0.678. The van der Waals surface area contributed by atoms with Crippen LogP contribution in [0.4, 0.5) is 0 Å². The molecule has 4 heteroatoms. The lowest BCUT2D eigenvalue weighted by atomic mass is 10.2. The zero-order valence-corrected chi connectivity index (χ0v) is 10.6. The van der Waals surface area contributed by atoms with Crippen LogP contribution in [-0.2, 0) is 0 Å². The van der Waals surface area contributed by atoms with Crippen molar-refractivity contribution in [3.63, 3.8) is 0 Å². The van der Waals surface area contributed by atoms with E-state index in [0.29, 0.717) is 6.04 Å². The molecule has 1 saturated heterocycles. The summed E-state index contributed by atoms with van der Waals surface area (Å²) in [6.45, 7) is 6.29. The average Bonchev–Trinajstić information content (AvgIpc) is 3.19. The average molecular weight is 239 g/mol. The molecule has 3 fully saturated rings. The highest BCUT2D eigenvalue weighted by atomic mass is 16.3. The molecular formula is C13H25N3O. The topological polar surface area (TPSA) is 38.7 Å². The molecule has 3 rings (SSSR count). The van der Waals surface area contributed by atoms with Gasteiger partial charge in [-0.05, 0) is 25.7 Å². The zero-order valence-electron chi connectivity index (χ0n) is 10.6. The number of rotatable bonds is 6. The van der Waals surface area contributed by atoms with Gasteiger partial charge in [0.25, 0.3) is 0 Å². The molecule has 98 valence electrons. The van der Waals surface area contributed by atoms with Gasteiger partial charge in [0, 0.05) is 51.4 Å². The summed E-state index contributed by atoms with van der Waals surface area (Å²) >= 11 is 0. The van der Waals surface area contributed by atoms with Crippen LogP contribution >= 0.6 is 0 Å². The van der Waals surface area contributed by atoms with Gasteiger partial charge in [0.2, 0.25) is 0 Å². The molecule has 1 unspecified atom stereocenters. The van der Waals surface area contributed by atoms with E-state index in [1.165, 1.54) is 38.8 Å². The van der Waals surface area contributed by atoms with E-state index in [4.69, 9.17) is 0 Å². The minimum absolute atomic E-state index is 0.192. The maximum absolute atomic E-state index is 9.95. The van der Waals surface area contributed by atoms with E-state index in [2.05, 4.69) is 15.1 Å². The molecule has 2 saturated carbocycles. The molecule has 2 aliphatic carbocycles. The largest absolute Gasteiger partial charge is 0.390 e. The second kappa shape index (κ2) is 5.22. The Morgan fingerprint density at radius 2 is 1.76 bits per heavy atom. The van der Waals surface area contributed by atoms with Crippen molar-refractivity contribution in [3.05, 3.63) is 0 Å². The van der Waals surface area contributed by atoms with Gasteiger partial charge in [-0.25, -0.2) is 0 Å². The molecule has 1 atom stereocenters. The van der Waals surface area contributed by atoms with Crippen LogP contribution in [0.2, 0.25) is 0 Å². The lowest BCUT2D eigenvalue weighted by molar-refractivity contribution is 0.0698. The third-order valence-corrected chi connectivity index (χ3v) is 4.16.